The van der Waals surface area contributed by atoms with Crippen LogP contribution in [0.2, 0.25) is 5.15 Å². The third-order valence-corrected chi connectivity index (χ3v) is 4.27. The molecule has 0 saturated heterocycles. The summed E-state index contributed by atoms with van der Waals surface area (Å²) in [6, 6.07) is 9.21. The van der Waals surface area contributed by atoms with E-state index in [0.29, 0.717) is 23.1 Å². The number of pyridine rings is 1. The van der Waals surface area contributed by atoms with Crippen LogP contribution in [0.1, 0.15) is 25.3 Å². The summed E-state index contributed by atoms with van der Waals surface area (Å²) in [6.07, 6.45) is 1.51. The average Bonchev–Trinajstić information content (AvgIpc) is 3.06. The molecule has 1 aromatic carbocycles. The van der Waals surface area contributed by atoms with Gasteiger partial charge in [0, 0.05) is 24.6 Å². The van der Waals surface area contributed by atoms with Gasteiger partial charge >= 0.3 is 0 Å². The molecule has 7 nitrogen and oxygen atoms in total. The minimum atomic E-state index is -0.233. The van der Waals surface area contributed by atoms with Crippen molar-refractivity contribution < 1.29 is 9.32 Å². The molecule has 2 heterocycles. The van der Waals surface area contributed by atoms with E-state index in [1.54, 1.807) is 17.9 Å². The number of hydrogen-bond donors (Lipinski definition) is 1. The Morgan fingerprint density at radius 1 is 1.33 bits per heavy atom. The number of rotatable bonds is 5. The quantitative estimate of drug-likeness (QED) is 0.669. The van der Waals surface area contributed by atoms with Crippen molar-refractivity contribution in [1.29, 1.82) is 0 Å². The van der Waals surface area contributed by atoms with E-state index in [-0.39, 0.29) is 23.5 Å². The number of benzene rings is 1. The molecule has 140 valence electrons. The summed E-state index contributed by atoms with van der Waals surface area (Å²) in [5, 5.41) is 4.13. The maximum atomic E-state index is 12.9. The lowest BCUT2D eigenvalue weighted by Crippen LogP contribution is -2.34. The summed E-state index contributed by atoms with van der Waals surface area (Å²) < 4.78 is 5.04. The van der Waals surface area contributed by atoms with E-state index in [1.165, 1.54) is 6.20 Å². The van der Waals surface area contributed by atoms with Crippen molar-refractivity contribution in [2.75, 3.05) is 10.6 Å². The van der Waals surface area contributed by atoms with Crippen LogP contribution < -0.4 is 10.6 Å². The zero-order valence-electron chi connectivity index (χ0n) is 15.3. The fraction of sp³-hybridized carbons (Fsp3) is 0.263. The summed E-state index contributed by atoms with van der Waals surface area (Å²) >= 11 is 6.25. The van der Waals surface area contributed by atoms with Gasteiger partial charge in [-0.2, -0.15) is 4.98 Å². The van der Waals surface area contributed by atoms with E-state index in [4.69, 9.17) is 21.9 Å². The van der Waals surface area contributed by atoms with E-state index in [0.717, 1.165) is 11.1 Å². The maximum absolute atomic E-state index is 12.9. The molecule has 2 aromatic heterocycles. The summed E-state index contributed by atoms with van der Waals surface area (Å²) in [4.78, 5) is 22.7. The third-order valence-electron chi connectivity index (χ3n) is 3.99. The number of nitrogens with zero attached hydrogens (tertiary/aromatic N) is 4. The van der Waals surface area contributed by atoms with Gasteiger partial charge in [0.1, 0.15) is 5.69 Å². The predicted octanol–water partition coefficient (Wildman–Crippen LogP) is 3.86. The van der Waals surface area contributed by atoms with Gasteiger partial charge in [-0.1, -0.05) is 48.8 Å². The van der Waals surface area contributed by atoms with Gasteiger partial charge in [-0.05, 0) is 17.7 Å². The minimum Gasteiger partial charge on any atom is -0.397 e. The second-order valence-corrected chi connectivity index (χ2v) is 6.81. The summed E-state index contributed by atoms with van der Waals surface area (Å²) in [7, 11) is 0. The highest BCUT2D eigenvalue weighted by Gasteiger charge is 2.24. The highest BCUT2D eigenvalue weighted by molar-refractivity contribution is 6.33. The molecule has 27 heavy (non-hydrogen) atoms. The van der Waals surface area contributed by atoms with Gasteiger partial charge in [0.25, 0.3) is 0 Å². The lowest BCUT2D eigenvalue weighted by molar-refractivity contribution is -0.121. The number of hydrogen-bond acceptors (Lipinski definition) is 6. The van der Waals surface area contributed by atoms with Crippen molar-refractivity contribution in [3.05, 3.63) is 53.1 Å². The normalized spacial score (nSPS) is 11.0. The molecule has 0 unspecified atom stereocenters. The molecule has 8 heteroatoms. The van der Waals surface area contributed by atoms with Crippen molar-refractivity contribution in [3.63, 3.8) is 0 Å². The SMILES string of the molecule is Cc1nc(-c2cccc(CN(C(=O)C(C)C)c3c(N)ccnc3Cl)c2)no1. The molecule has 0 aliphatic rings. The molecule has 0 radical (unpaired) electrons. The molecular weight excluding hydrogens is 366 g/mol. The number of aromatic nitrogens is 3. The predicted molar refractivity (Wildman–Crippen MR) is 104 cm³/mol. The first kappa shape index (κ1) is 18.8. The zero-order valence-corrected chi connectivity index (χ0v) is 16.1. The number of carbonyl (C=O) groups is 1. The number of aryl methyl sites for hydroxylation is 1. The largest absolute Gasteiger partial charge is 0.397 e. The van der Waals surface area contributed by atoms with Crippen LogP contribution in [0.4, 0.5) is 11.4 Å². The highest BCUT2D eigenvalue weighted by Crippen LogP contribution is 2.32. The molecule has 1 amide bonds. The van der Waals surface area contributed by atoms with Gasteiger partial charge in [0.15, 0.2) is 5.15 Å². The fourth-order valence-electron chi connectivity index (χ4n) is 2.70. The van der Waals surface area contributed by atoms with Gasteiger partial charge in [-0.3, -0.25) is 4.79 Å². The summed E-state index contributed by atoms with van der Waals surface area (Å²) in [5.74, 6) is 0.651. The van der Waals surface area contributed by atoms with Crippen molar-refractivity contribution in [2.45, 2.75) is 27.3 Å². The smallest absolute Gasteiger partial charge is 0.229 e. The topological polar surface area (TPSA) is 98.1 Å². The van der Waals surface area contributed by atoms with Crippen LogP contribution in [-0.2, 0) is 11.3 Å². The zero-order chi connectivity index (χ0) is 19.6. The Morgan fingerprint density at radius 3 is 2.74 bits per heavy atom. The van der Waals surface area contributed by atoms with Crippen molar-refractivity contribution in [1.82, 2.24) is 15.1 Å². The second kappa shape index (κ2) is 7.75. The Morgan fingerprint density at radius 2 is 2.11 bits per heavy atom. The molecule has 3 rings (SSSR count). The van der Waals surface area contributed by atoms with Crippen LogP contribution >= 0.6 is 11.6 Å². The van der Waals surface area contributed by atoms with Crippen LogP contribution in [0, 0.1) is 12.8 Å². The molecule has 2 N–H and O–H groups in total. The van der Waals surface area contributed by atoms with Crippen molar-refractivity contribution in [2.24, 2.45) is 5.92 Å². The third kappa shape index (κ3) is 4.09. The van der Waals surface area contributed by atoms with Gasteiger partial charge in [0.2, 0.25) is 17.6 Å². The van der Waals surface area contributed by atoms with Crippen molar-refractivity contribution >= 4 is 28.9 Å². The number of anilines is 2. The van der Waals surface area contributed by atoms with Crippen LogP contribution in [0.15, 0.2) is 41.1 Å². The Kier molecular flexibility index (Phi) is 5.41. The minimum absolute atomic E-state index is 0.0996. The first-order valence-electron chi connectivity index (χ1n) is 8.47. The maximum Gasteiger partial charge on any atom is 0.229 e. The van der Waals surface area contributed by atoms with Gasteiger partial charge in [-0.15, -0.1) is 0 Å². The highest BCUT2D eigenvalue weighted by atomic mass is 35.5. The molecule has 0 fully saturated rings. The number of nitrogens with two attached hydrogens (primary N) is 1. The van der Waals surface area contributed by atoms with E-state index in [1.807, 2.05) is 38.1 Å². The second-order valence-electron chi connectivity index (χ2n) is 6.46. The number of halogens is 1. The number of amides is 1. The molecule has 0 bridgehead atoms. The molecule has 0 aliphatic heterocycles. The summed E-state index contributed by atoms with van der Waals surface area (Å²) in [6.45, 7) is 5.68. The average molecular weight is 386 g/mol. The van der Waals surface area contributed by atoms with Crippen molar-refractivity contribution in [3.8, 4) is 11.4 Å². The van der Waals surface area contributed by atoms with Crippen LogP contribution in [0.3, 0.4) is 0 Å². The van der Waals surface area contributed by atoms with E-state index in [2.05, 4.69) is 15.1 Å². The molecule has 0 spiro atoms. The standard InChI is InChI=1S/C19H20ClN5O2/c1-11(2)19(26)25(16-15(21)7-8-22-17(16)20)10-13-5-4-6-14(9-13)18-23-12(3)27-24-18/h4-9,11H,10H2,1-3H3,(H2,21,22). The Bertz CT molecular complexity index is 950. The number of nitrogen functional groups attached to an aromatic ring is 1. The van der Waals surface area contributed by atoms with Gasteiger partial charge in [0.05, 0.1) is 12.2 Å². The van der Waals surface area contributed by atoms with E-state index in [9.17, 15) is 4.79 Å². The molecular formula is C19H20ClN5O2. The fourth-order valence-corrected chi connectivity index (χ4v) is 2.96. The lowest BCUT2D eigenvalue weighted by Gasteiger charge is -2.26. The Hall–Kier alpha value is -2.93. The first-order chi connectivity index (χ1) is 12.9. The summed E-state index contributed by atoms with van der Waals surface area (Å²) in [5.41, 5.74) is 8.58. The Balaban J connectivity index is 1.99. The van der Waals surface area contributed by atoms with E-state index < -0.39 is 0 Å². The van der Waals surface area contributed by atoms with E-state index >= 15 is 0 Å². The van der Waals surface area contributed by atoms with Crippen LogP contribution in [-0.4, -0.2) is 21.0 Å². The molecule has 0 atom stereocenters. The monoisotopic (exact) mass is 385 g/mol. The number of carbonyl (C=O) groups excluding carboxylic acids is 1. The molecule has 0 saturated carbocycles. The first-order valence-corrected chi connectivity index (χ1v) is 8.85. The Labute approximate surface area is 162 Å². The van der Waals surface area contributed by atoms with Crippen LogP contribution in [0.25, 0.3) is 11.4 Å². The van der Waals surface area contributed by atoms with Gasteiger partial charge < -0.3 is 15.2 Å². The lowest BCUT2D eigenvalue weighted by atomic mass is 10.1. The molecule has 0 aliphatic carbocycles. The molecule has 3 aromatic rings. The van der Waals surface area contributed by atoms with Gasteiger partial charge in [-0.25, -0.2) is 4.98 Å². The van der Waals surface area contributed by atoms with Crippen LogP contribution in [0.5, 0.6) is 0 Å².